The number of anilines is 1. The van der Waals surface area contributed by atoms with Crippen LogP contribution in [0.2, 0.25) is 10.0 Å². The number of hydrogen-bond donors (Lipinski definition) is 2. The molecule has 2 N–H and O–H groups in total. The Morgan fingerprint density at radius 2 is 2.00 bits per heavy atom. The molecule has 0 saturated carbocycles. The second-order valence-corrected chi connectivity index (χ2v) is 4.46. The Kier molecular flexibility index (Phi) is 3.45. The Bertz CT molecular complexity index is 587. The van der Waals surface area contributed by atoms with E-state index >= 15 is 0 Å². The van der Waals surface area contributed by atoms with Gasteiger partial charge in [-0.15, -0.1) is 0 Å². The van der Waals surface area contributed by atoms with Crippen LogP contribution in [-0.2, 0) is 7.05 Å². The van der Waals surface area contributed by atoms with E-state index in [4.69, 9.17) is 23.2 Å². The largest absolute Gasteiger partial charge is 0.505 e. The number of phenolic OH excluding ortho intramolecular Hbond substituents is 1. The number of aromatic nitrogens is 2. The van der Waals surface area contributed by atoms with Gasteiger partial charge in [-0.25, -0.2) is 0 Å². The topological polar surface area (TPSA) is 67.2 Å². The van der Waals surface area contributed by atoms with Gasteiger partial charge >= 0.3 is 0 Å². The van der Waals surface area contributed by atoms with Crippen molar-refractivity contribution in [1.29, 1.82) is 0 Å². The fourth-order valence-corrected chi connectivity index (χ4v) is 1.87. The first kappa shape index (κ1) is 12.7. The highest BCUT2D eigenvalue weighted by atomic mass is 35.5. The number of hydrogen-bond acceptors (Lipinski definition) is 3. The van der Waals surface area contributed by atoms with Crippen LogP contribution in [0.4, 0.5) is 5.69 Å². The van der Waals surface area contributed by atoms with Crippen molar-refractivity contribution in [3.8, 4) is 5.75 Å². The van der Waals surface area contributed by atoms with Crippen molar-refractivity contribution in [3.05, 3.63) is 40.1 Å². The summed E-state index contributed by atoms with van der Waals surface area (Å²) in [5, 5.41) is 16.0. The summed E-state index contributed by atoms with van der Waals surface area (Å²) in [4.78, 5) is 11.8. The molecule has 1 heterocycles. The van der Waals surface area contributed by atoms with Crippen LogP contribution < -0.4 is 5.32 Å². The first-order valence-corrected chi connectivity index (χ1v) is 5.71. The lowest BCUT2D eigenvalue weighted by Gasteiger charge is -2.06. The molecule has 0 aliphatic heterocycles. The van der Waals surface area contributed by atoms with Crippen LogP contribution in [0, 0.1) is 0 Å². The van der Waals surface area contributed by atoms with E-state index in [0.717, 1.165) is 0 Å². The first-order chi connectivity index (χ1) is 8.47. The second kappa shape index (κ2) is 4.88. The highest BCUT2D eigenvalue weighted by Gasteiger charge is 2.11. The molecule has 0 unspecified atom stereocenters. The molecule has 18 heavy (non-hydrogen) atoms. The van der Waals surface area contributed by atoms with Crippen molar-refractivity contribution in [2.75, 3.05) is 5.32 Å². The standard InChI is InChI=1S/C11H9Cl2N3O2/c1-16-5-6(4-14-16)11(18)15-7-2-8(12)10(17)9(13)3-7/h2-5,17H,1H3,(H,15,18). The molecule has 2 aromatic rings. The molecule has 0 radical (unpaired) electrons. The van der Waals surface area contributed by atoms with Gasteiger partial charge in [0.05, 0.1) is 21.8 Å². The van der Waals surface area contributed by atoms with Crippen LogP contribution >= 0.6 is 23.2 Å². The molecule has 0 fully saturated rings. The molecule has 1 amide bonds. The molecular formula is C11H9Cl2N3O2. The lowest BCUT2D eigenvalue weighted by atomic mass is 10.2. The van der Waals surface area contributed by atoms with E-state index in [1.54, 1.807) is 13.2 Å². The van der Waals surface area contributed by atoms with Crippen LogP contribution in [0.25, 0.3) is 0 Å². The molecule has 1 aromatic heterocycles. The van der Waals surface area contributed by atoms with E-state index in [2.05, 4.69) is 10.4 Å². The maximum atomic E-state index is 11.8. The number of nitrogens with one attached hydrogen (secondary N) is 1. The fourth-order valence-electron chi connectivity index (χ4n) is 1.38. The number of carbonyl (C=O) groups excluding carboxylic acids is 1. The number of aromatic hydroxyl groups is 1. The summed E-state index contributed by atoms with van der Waals surface area (Å²) in [6.45, 7) is 0. The quantitative estimate of drug-likeness (QED) is 0.834. The molecule has 1 aromatic carbocycles. The van der Waals surface area contributed by atoms with Gasteiger partial charge in [-0.05, 0) is 12.1 Å². The number of amides is 1. The Labute approximate surface area is 113 Å². The molecule has 0 spiro atoms. The van der Waals surface area contributed by atoms with Crippen molar-refractivity contribution in [2.45, 2.75) is 0 Å². The van der Waals surface area contributed by atoms with Gasteiger partial charge in [-0.3, -0.25) is 9.48 Å². The first-order valence-electron chi connectivity index (χ1n) is 4.95. The number of carbonyl (C=O) groups is 1. The van der Waals surface area contributed by atoms with Crippen molar-refractivity contribution >= 4 is 34.8 Å². The van der Waals surface area contributed by atoms with Crippen LogP contribution in [0.5, 0.6) is 5.75 Å². The minimum atomic E-state index is -0.332. The molecule has 0 bridgehead atoms. The summed E-state index contributed by atoms with van der Waals surface area (Å²) in [7, 11) is 1.71. The average Bonchev–Trinajstić information content (AvgIpc) is 2.72. The molecule has 0 aliphatic rings. The van der Waals surface area contributed by atoms with E-state index < -0.39 is 0 Å². The zero-order chi connectivity index (χ0) is 13.3. The molecule has 0 aliphatic carbocycles. The van der Waals surface area contributed by atoms with Gasteiger partial charge in [-0.2, -0.15) is 5.10 Å². The summed E-state index contributed by atoms with van der Waals surface area (Å²) >= 11 is 11.5. The van der Waals surface area contributed by atoms with Crippen LogP contribution in [0.15, 0.2) is 24.5 Å². The maximum Gasteiger partial charge on any atom is 0.258 e. The smallest absolute Gasteiger partial charge is 0.258 e. The van der Waals surface area contributed by atoms with E-state index in [-0.39, 0.29) is 21.7 Å². The average molecular weight is 286 g/mol. The number of halogens is 2. The van der Waals surface area contributed by atoms with E-state index in [1.807, 2.05) is 0 Å². The Hall–Kier alpha value is -1.72. The molecule has 5 nitrogen and oxygen atoms in total. The molecule has 0 saturated heterocycles. The van der Waals surface area contributed by atoms with Gasteiger partial charge in [0.15, 0.2) is 5.75 Å². The van der Waals surface area contributed by atoms with Crippen LogP contribution in [0.3, 0.4) is 0 Å². The van der Waals surface area contributed by atoms with Gasteiger partial charge < -0.3 is 10.4 Å². The van der Waals surface area contributed by atoms with E-state index in [0.29, 0.717) is 11.3 Å². The lowest BCUT2D eigenvalue weighted by Crippen LogP contribution is -2.11. The summed E-state index contributed by atoms with van der Waals surface area (Å²) in [5.74, 6) is -0.543. The molecule has 94 valence electrons. The number of phenols is 1. The number of benzene rings is 1. The van der Waals surface area contributed by atoms with Crippen molar-refractivity contribution in [3.63, 3.8) is 0 Å². The SMILES string of the molecule is Cn1cc(C(=O)Nc2cc(Cl)c(O)c(Cl)c2)cn1. The third-order valence-corrected chi connectivity index (χ3v) is 2.82. The predicted octanol–water partition coefficient (Wildman–Crippen LogP) is 2.68. The third kappa shape index (κ3) is 2.57. The van der Waals surface area contributed by atoms with Gasteiger partial charge in [0.1, 0.15) is 0 Å². The van der Waals surface area contributed by atoms with E-state index in [9.17, 15) is 9.90 Å². The van der Waals surface area contributed by atoms with Gasteiger partial charge in [0.2, 0.25) is 0 Å². The van der Waals surface area contributed by atoms with Gasteiger partial charge in [0.25, 0.3) is 5.91 Å². The molecular weight excluding hydrogens is 277 g/mol. The summed E-state index contributed by atoms with van der Waals surface area (Å²) in [5.41, 5.74) is 0.814. The van der Waals surface area contributed by atoms with Crippen molar-refractivity contribution in [1.82, 2.24) is 9.78 Å². The zero-order valence-corrected chi connectivity index (χ0v) is 10.8. The molecule has 7 heteroatoms. The zero-order valence-electron chi connectivity index (χ0n) is 9.32. The predicted molar refractivity (Wildman–Crippen MR) is 69.3 cm³/mol. The minimum Gasteiger partial charge on any atom is -0.505 e. The minimum absolute atomic E-state index is 0.0731. The molecule has 0 atom stereocenters. The Balaban J connectivity index is 2.22. The highest BCUT2D eigenvalue weighted by molar-refractivity contribution is 6.37. The monoisotopic (exact) mass is 285 g/mol. The Morgan fingerprint density at radius 1 is 1.39 bits per heavy atom. The summed E-state index contributed by atoms with van der Waals surface area (Å²) < 4.78 is 1.52. The van der Waals surface area contributed by atoms with Crippen molar-refractivity contribution in [2.24, 2.45) is 7.05 Å². The summed E-state index contributed by atoms with van der Waals surface area (Å²) in [6, 6.07) is 2.83. The molecule has 2 rings (SSSR count). The van der Waals surface area contributed by atoms with Gasteiger partial charge in [-0.1, -0.05) is 23.2 Å². The number of aryl methyl sites for hydroxylation is 1. The van der Waals surface area contributed by atoms with E-state index in [1.165, 1.54) is 23.0 Å². The van der Waals surface area contributed by atoms with Crippen LogP contribution in [0.1, 0.15) is 10.4 Å². The normalized spacial score (nSPS) is 10.4. The van der Waals surface area contributed by atoms with Crippen LogP contribution in [-0.4, -0.2) is 20.8 Å². The highest BCUT2D eigenvalue weighted by Crippen LogP contribution is 2.34. The second-order valence-electron chi connectivity index (χ2n) is 3.65. The fraction of sp³-hybridized carbons (Fsp3) is 0.0909. The number of nitrogens with zero attached hydrogens (tertiary/aromatic N) is 2. The van der Waals surface area contributed by atoms with Gasteiger partial charge in [0, 0.05) is 18.9 Å². The van der Waals surface area contributed by atoms with Crippen molar-refractivity contribution < 1.29 is 9.90 Å². The number of rotatable bonds is 2. The third-order valence-electron chi connectivity index (χ3n) is 2.24. The summed E-state index contributed by atoms with van der Waals surface area (Å²) in [6.07, 6.45) is 3.03. The lowest BCUT2D eigenvalue weighted by molar-refractivity contribution is 0.102. The maximum absolute atomic E-state index is 11.8. The Morgan fingerprint density at radius 3 is 2.50 bits per heavy atom.